The molecule has 3 nitrogen and oxygen atoms in total. The molecule has 1 atom stereocenters. The first-order chi connectivity index (χ1) is 9.83. The zero-order valence-corrected chi connectivity index (χ0v) is 11.8. The van der Waals surface area contributed by atoms with E-state index in [1.807, 2.05) is 37.5 Å². The summed E-state index contributed by atoms with van der Waals surface area (Å²) < 4.78 is 6.02. The lowest BCUT2D eigenvalue weighted by Crippen LogP contribution is -2.14. The fourth-order valence-electron chi connectivity index (χ4n) is 2.54. The highest BCUT2D eigenvalue weighted by Crippen LogP contribution is 2.30. The molecule has 0 saturated heterocycles. The maximum absolute atomic E-state index is 6.02. The van der Waals surface area contributed by atoms with Gasteiger partial charge in [0.05, 0.1) is 11.6 Å². The molecule has 0 bridgehead atoms. The molecule has 3 aromatic rings. The zero-order chi connectivity index (χ0) is 13.9. The Balaban J connectivity index is 2.08. The van der Waals surface area contributed by atoms with E-state index in [9.17, 15) is 0 Å². The third kappa shape index (κ3) is 2.21. The number of aromatic nitrogens is 1. The summed E-state index contributed by atoms with van der Waals surface area (Å²) in [7, 11) is 1.95. The van der Waals surface area contributed by atoms with Crippen LogP contribution < -0.4 is 5.32 Å². The van der Waals surface area contributed by atoms with E-state index in [-0.39, 0.29) is 6.04 Å². The maximum Gasteiger partial charge on any atom is 0.136 e. The minimum atomic E-state index is 0.256. The van der Waals surface area contributed by atoms with Gasteiger partial charge in [0.1, 0.15) is 11.5 Å². The molecule has 1 aromatic carbocycles. The predicted molar refractivity (Wildman–Crippen MR) is 81.5 cm³/mol. The van der Waals surface area contributed by atoms with Crippen molar-refractivity contribution in [3.63, 3.8) is 0 Å². The van der Waals surface area contributed by atoms with Crippen molar-refractivity contribution in [1.29, 1.82) is 0 Å². The Kier molecular flexibility index (Phi) is 3.52. The fourth-order valence-corrected chi connectivity index (χ4v) is 2.54. The Bertz CT molecular complexity index is 708. The SMILES string of the molecule is CCC(NC)c1ccc(-c2cccc3cccnc23)o1. The summed E-state index contributed by atoms with van der Waals surface area (Å²) in [6.07, 6.45) is 2.81. The largest absolute Gasteiger partial charge is 0.459 e. The van der Waals surface area contributed by atoms with Gasteiger partial charge in [-0.1, -0.05) is 25.1 Å². The van der Waals surface area contributed by atoms with Gasteiger partial charge in [0.15, 0.2) is 0 Å². The lowest BCUT2D eigenvalue weighted by Gasteiger charge is -2.10. The van der Waals surface area contributed by atoms with Crippen LogP contribution in [0.4, 0.5) is 0 Å². The molecule has 1 unspecified atom stereocenters. The van der Waals surface area contributed by atoms with Crippen LogP contribution >= 0.6 is 0 Å². The van der Waals surface area contributed by atoms with E-state index in [0.717, 1.165) is 34.4 Å². The van der Waals surface area contributed by atoms with Crippen molar-refractivity contribution in [3.8, 4) is 11.3 Å². The van der Waals surface area contributed by atoms with Gasteiger partial charge in [0.2, 0.25) is 0 Å². The standard InChI is InChI=1S/C17H18N2O/c1-3-14(18-2)16-10-9-15(20-16)13-8-4-6-12-7-5-11-19-17(12)13/h4-11,14,18H,3H2,1-2H3. The van der Waals surface area contributed by atoms with Crippen LogP contribution in [0.25, 0.3) is 22.2 Å². The number of rotatable bonds is 4. The maximum atomic E-state index is 6.02. The topological polar surface area (TPSA) is 38.1 Å². The van der Waals surface area contributed by atoms with Gasteiger partial charge >= 0.3 is 0 Å². The van der Waals surface area contributed by atoms with Crippen LogP contribution in [0.2, 0.25) is 0 Å². The van der Waals surface area contributed by atoms with Crippen molar-refractivity contribution in [2.45, 2.75) is 19.4 Å². The van der Waals surface area contributed by atoms with E-state index in [2.05, 4.69) is 35.4 Å². The van der Waals surface area contributed by atoms with Crippen molar-refractivity contribution in [3.05, 3.63) is 54.4 Å². The second kappa shape index (κ2) is 5.47. The monoisotopic (exact) mass is 266 g/mol. The molecule has 0 saturated carbocycles. The first-order valence-corrected chi connectivity index (χ1v) is 6.94. The van der Waals surface area contributed by atoms with Crippen molar-refractivity contribution >= 4 is 10.9 Å². The van der Waals surface area contributed by atoms with E-state index in [4.69, 9.17) is 4.42 Å². The molecule has 2 heterocycles. The number of pyridine rings is 1. The molecule has 0 aliphatic rings. The number of furan rings is 1. The van der Waals surface area contributed by atoms with E-state index in [1.54, 1.807) is 0 Å². The second-order valence-electron chi connectivity index (χ2n) is 4.83. The normalized spacial score (nSPS) is 12.7. The molecule has 102 valence electrons. The zero-order valence-electron chi connectivity index (χ0n) is 11.8. The van der Waals surface area contributed by atoms with Gasteiger partial charge in [-0.05, 0) is 37.7 Å². The Morgan fingerprint density at radius 1 is 1.15 bits per heavy atom. The smallest absolute Gasteiger partial charge is 0.136 e. The minimum Gasteiger partial charge on any atom is -0.459 e. The lowest BCUT2D eigenvalue weighted by molar-refractivity contribution is 0.431. The highest BCUT2D eigenvalue weighted by molar-refractivity contribution is 5.92. The summed E-state index contributed by atoms with van der Waals surface area (Å²) in [6.45, 7) is 2.14. The summed E-state index contributed by atoms with van der Waals surface area (Å²) in [5.41, 5.74) is 2.02. The van der Waals surface area contributed by atoms with Crippen molar-refractivity contribution in [1.82, 2.24) is 10.3 Å². The molecule has 0 radical (unpaired) electrons. The summed E-state index contributed by atoms with van der Waals surface area (Å²) >= 11 is 0. The Labute approximate surface area is 118 Å². The molecule has 2 aromatic heterocycles. The Morgan fingerprint density at radius 3 is 2.80 bits per heavy atom. The third-order valence-corrected chi connectivity index (χ3v) is 3.63. The Morgan fingerprint density at radius 2 is 2.00 bits per heavy atom. The molecular weight excluding hydrogens is 248 g/mol. The average molecular weight is 266 g/mol. The molecule has 0 aliphatic heterocycles. The Hall–Kier alpha value is -2.13. The van der Waals surface area contributed by atoms with Crippen molar-refractivity contribution < 1.29 is 4.42 Å². The average Bonchev–Trinajstić information content (AvgIpc) is 2.97. The number of benzene rings is 1. The summed E-state index contributed by atoms with van der Waals surface area (Å²) in [4.78, 5) is 4.48. The quantitative estimate of drug-likeness (QED) is 0.770. The van der Waals surface area contributed by atoms with Crippen LogP contribution in [0.15, 0.2) is 53.1 Å². The molecule has 20 heavy (non-hydrogen) atoms. The molecule has 3 rings (SSSR count). The van der Waals surface area contributed by atoms with E-state index in [1.165, 1.54) is 0 Å². The summed E-state index contributed by atoms with van der Waals surface area (Å²) in [5, 5.41) is 4.39. The summed E-state index contributed by atoms with van der Waals surface area (Å²) in [6, 6.07) is 14.5. The van der Waals surface area contributed by atoms with Gasteiger partial charge in [-0.2, -0.15) is 0 Å². The van der Waals surface area contributed by atoms with Crippen LogP contribution in [0.3, 0.4) is 0 Å². The molecule has 3 heteroatoms. The van der Waals surface area contributed by atoms with Gasteiger partial charge in [-0.25, -0.2) is 0 Å². The molecular formula is C17H18N2O. The third-order valence-electron chi connectivity index (χ3n) is 3.63. The predicted octanol–water partition coefficient (Wildman–Crippen LogP) is 4.17. The number of nitrogens with one attached hydrogen (secondary N) is 1. The minimum absolute atomic E-state index is 0.256. The highest BCUT2D eigenvalue weighted by atomic mass is 16.3. The molecule has 0 spiro atoms. The number of fused-ring (bicyclic) bond motifs is 1. The van der Waals surface area contributed by atoms with Crippen molar-refractivity contribution in [2.24, 2.45) is 0 Å². The first-order valence-electron chi connectivity index (χ1n) is 6.94. The first kappa shape index (κ1) is 12.9. The lowest BCUT2D eigenvalue weighted by atomic mass is 10.1. The summed E-state index contributed by atoms with van der Waals surface area (Å²) in [5.74, 6) is 1.84. The molecule has 0 aliphatic carbocycles. The van der Waals surface area contributed by atoms with Crippen LogP contribution in [0.1, 0.15) is 25.1 Å². The van der Waals surface area contributed by atoms with E-state index in [0.29, 0.717) is 0 Å². The van der Waals surface area contributed by atoms with Gasteiger partial charge in [-0.3, -0.25) is 4.98 Å². The van der Waals surface area contributed by atoms with Gasteiger partial charge in [0, 0.05) is 17.1 Å². The van der Waals surface area contributed by atoms with E-state index < -0.39 is 0 Å². The van der Waals surface area contributed by atoms with Crippen LogP contribution in [0.5, 0.6) is 0 Å². The van der Waals surface area contributed by atoms with Crippen LogP contribution in [-0.2, 0) is 0 Å². The molecule has 1 N–H and O–H groups in total. The van der Waals surface area contributed by atoms with Gasteiger partial charge in [0.25, 0.3) is 0 Å². The highest BCUT2D eigenvalue weighted by Gasteiger charge is 2.14. The number of nitrogens with zero attached hydrogens (tertiary/aromatic N) is 1. The number of hydrogen-bond donors (Lipinski definition) is 1. The van der Waals surface area contributed by atoms with E-state index >= 15 is 0 Å². The van der Waals surface area contributed by atoms with Crippen LogP contribution in [-0.4, -0.2) is 12.0 Å². The fraction of sp³-hybridized carbons (Fsp3) is 0.235. The van der Waals surface area contributed by atoms with Gasteiger partial charge in [-0.15, -0.1) is 0 Å². The molecule has 0 amide bonds. The van der Waals surface area contributed by atoms with Crippen molar-refractivity contribution in [2.75, 3.05) is 7.05 Å². The number of para-hydroxylation sites is 1. The van der Waals surface area contributed by atoms with Gasteiger partial charge < -0.3 is 9.73 Å². The van der Waals surface area contributed by atoms with Crippen LogP contribution in [0, 0.1) is 0 Å². The second-order valence-corrected chi connectivity index (χ2v) is 4.83. The number of hydrogen-bond acceptors (Lipinski definition) is 3. The molecule has 0 fully saturated rings.